The molecular formula is C10H15O2P2Y-. The van der Waals surface area contributed by atoms with Crippen LogP contribution in [-0.4, -0.2) is 12.7 Å². The van der Waals surface area contributed by atoms with E-state index in [4.69, 9.17) is 9.26 Å². The van der Waals surface area contributed by atoms with E-state index in [0.717, 1.165) is 5.56 Å². The summed E-state index contributed by atoms with van der Waals surface area (Å²) in [6.07, 6.45) is 0.398. The smallest absolute Gasteiger partial charge is 0.100 e. The molecule has 0 bridgehead atoms. The molecule has 1 fully saturated rings. The molecule has 2 nitrogen and oxygen atoms in total. The molecule has 0 saturated carbocycles. The molecule has 1 aromatic carbocycles. The van der Waals surface area contributed by atoms with Gasteiger partial charge in [-0.15, -0.1) is 17.7 Å². The van der Waals surface area contributed by atoms with Crippen molar-refractivity contribution in [1.29, 1.82) is 0 Å². The van der Waals surface area contributed by atoms with Gasteiger partial charge in [-0.25, -0.2) is 0 Å². The van der Waals surface area contributed by atoms with Crippen LogP contribution in [0.1, 0.15) is 17.2 Å². The summed E-state index contributed by atoms with van der Waals surface area (Å²) in [6.45, 7) is 4.58. The third-order valence-corrected chi connectivity index (χ3v) is 2.40. The first-order valence-corrected chi connectivity index (χ1v) is 4.68. The Morgan fingerprint density at radius 3 is 2.67 bits per heavy atom. The number of hydrogen-bond acceptors (Lipinski definition) is 2. The van der Waals surface area contributed by atoms with Crippen molar-refractivity contribution in [3.63, 3.8) is 0 Å². The molecule has 5 heteroatoms. The summed E-state index contributed by atoms with van der Waals surface area (Å²) >= 11 is 0. The number of hydrogen-bond donors (Lipinski definition) is 0. The Kier molecular flexibility index (Phi) is 7.80. The van der Waals surface area contributed by atoms with Gasteiger partial charge in [-0.2, -0.15) is 28.5 Å². The Morgan fingerprint density at radius 1 is 1.40 bits per heavy atom. The Labute approximate surface area is 122 Å². The average molecular weight is 318 g/mol. The van der Waals surface area contributed by atoms with Crippen LogP contribution in [0.2, 0.25) is 0 Å². The molecule has 1 heterocycles. The fourth-order valence-corrected chi connectivity index (χ4v) is 1.64. The van der Waals surface area contributed by atoms with E-state index in [1.54, 1.807) is 0 Å². The first-order chi connectivity index (χ1) is 6.33. The Morgan fingerprint density at radius 2 is 2.07 bits per heavy atom. The number of epoxide rings is 1. The molecule has 4 atom stereocenters. The molecule has 1 aliphatic rings. The minimum absolute atomic E-state index is 0. The van der Waals surface area contributed by atoms with E-state index in [0.29, 0.717) is 6.61 Å². The molecular weight excluding hydrogens is 303 g/mol. The summed E-state index contributed by atoms with van der Waals surface area (Å²) in [4.78, 5) is 0. The summed E-state index contributed by atoms with van der Waals surface area (Å²) in [5.41, 5.74) is 2.22. The molecule has 15 heavy (non-hydrogen) atoms. The summed E-state index contributed by atoms with van der Waals surface area (Å²) in [5.74, 6) is 0. The van der Waals surface area contributed by atoms with Crippen LogP contribution < -0.4 is 0 Å². The third kappa shape index (κ3) is 4.04. The number of ether oxygens (including phenoxy) is 1. The Balaban J connectivity index is 0.000000980. The average Bonchev–Trinajstić information content (AvgIpc) is 2.86. The van der Waals surface area contributed by atoms with Crippen LogP contribution in [-0.2, 0) is 42.0 Å². The van der Waals surface area contributed by atoms with Crippen LogP contribution in [0.25, 0.3) is 0 Å². The molecule has 0 aromatic heterocycles. The van der Waals surface area contributed by atoms with Gasteiger partial charge in [0.05, 0.1) is 12.7 Å². The van der Waals surface area contributed by atoms with Gasteiger partial charge in [-0.05, 0) is 0 Å². The second-order valence-corrected chi connectivity index (χ2v) is 3.46. The predicted molar refractivity (Wildman–Crippen MR) is 65.3 cm³/mol. The summed E-state index contributed by atoms with van der Waals surface area (Å²) in [6, 6.07) is 8.03. The van der Waals surface area contributed by atoms with E-state index in [2.05, 4.69) is 22.5 Å². The van der Waals surface area contributed by atoms with Crippen molar-refractivity contribution in [3.8, 4) is 0 Å². The molecule has 1 aromatic rings. The van der Waals surface area contributed by atoms with Crippen molar-refractivity contribution in [1.82, 2.24) is 0 Å². The normalized spacial score (nSPS) is 22.5. The van der Waals surface area contributed by atoms with Crippen molar-refractivity contribution >= 4 is 19.4 Å². The van der Waals surface area contributed by atoms with Gasteiger partial charge >= 0.3 is 0 Å². The molecule has 2 rings (SSSR count). The maximum Gasteiger partial charge on any atom is 0.100 e. The van der Waals surface area contributed by atoms with Gasteiger partial charge in [0.1, 0.15) is 6.10 Å². The van der Waals surface area contributed by atoms with E-state index in [9.17, 15) is 0 Å². The number of benzene rings is 1. The zero-order valence-electron chi connectivity index (χ0n) is 8.56. The molecule has 0 amide bonds. The monoisotopic (exact) mass is 318 g/mol. The zero-order chi connectivity index (χ0) is 9.26. The molecule has 0 aliphatic carbocycles. The van der Waals surface area contributed by atoms with Crippen molar-refractivity contribution < 1.29 is 42.0 Å². The zero-order valence-corrected chi connectivity index (χ0v) is 14.0. The van der Waals surface area contributed by atoms with E-state index in [-0.39, 0.29) is 54.8 Å². The van der Waals surface area contributed by atoms with Crippen LogP contribution in [0, 0.1) is 6.92 Å². The molecule has 4 unspecified atom stereocenters. The molecule has 0 spiro atoms. The fraction of sp³-hybridized carbons (Fsp3) is 0.300. The van der Waals surface area contributed by atoms with E-state index in [1.165, 1.54) is 5.56 Å². The van der Waals surface area contributed by atoms with Gasteiger partial charge in [0.25, 0.3) is 0 Å². The van der Waals surface area contributed by atoms with Gasteiger partial charge in [-0.1, -0.05) is 6.07 Å². The first kappa shape index (κ1) is 16.0. The van der Waals surface area contributed by atoms with Crippen LogP contribution >= 0.6 is 19.4 Å². The van der Waals surface area contributed by atoms with E-state index >= 15 is 0 Å². The Hall–Kier alpha value is 0.974. The van der Waals surface area contributed by atoms with Gasteiger partial charge < -0.3 is 9.26 Å². The molecule has 1 saturated heterocycles. The van der Waals surface area contributed by atoms with Crippen molar-refractivity contribution in [2.24, 2.45) is 0 Å². The maximum absolute atomic E-state index is 5.45. The van der Waals surface area contributed by atoms with Gasteiger partial charge in [0.2, 0.25) is 0 Å². The van der Waals surface area contributed by atoms with E-state index in [1.807, 2.05) is 18.2 Å². The largest absolute Gasteiger partial charge is 0.375 e. The predicted octanol–water partition coefficient (Wildman–Crippen LogP) is 2.17. The van der Waals surface area contributed by atoms with Crippen molar-refractivity contribution in [3.05, 3.63) is 42.3 Å². The fourth-order valence-electron chi connectivity index (χ4n) is 1.45. The van der Waals surface area contributed by atoms with Crippen LogP contribution in [0.4, 0.5) is 0 Å². The summed E-state index contributed by atoms with van der Waals surface area (Å²) in [7, 11) is 2.23. The van der Waals surface area contributed by atoms with Crippen LogP contribution in [0.15, 0.2) is 24.3 Å². The molecule has 1 aliphatic heterocycles. The summed E-state index contributed by atoms with van der Waals surface area (Å²) in [5, 5.41) is 0. The van der Waals surface area contributed by atoms with Gasteiger partial charge in [-0.3, -0.25) is 0 Å². The molecule has 1 radical (unpaired) electrons. The van der Waals surface area contributed by atoms with E-state index < -0.39 is 0 Å². The summed E-state index contributed by atoms with van der Waals surface area (Å²) < 4.78 is 10.4. The van der Waals surface area contributed by atoms with Crippen molar-refractivity contribution in [2.75, 3.05) is 6.61 Å². The standard InChI is InChI=1S/C10H12O2P.H3P.Y/c1-7-4-2-3-5-8(7)10-9(12-10)6-11-13;;/h2-5,9-10H,1,6,13H2;1H3;/q-1;;. The quantitative estimate of drug-likeness (QED) is 0.484. The first-order valence-electron chi connectivity index (χ1n) is 4.21. The van der Waals surface area contributed by atoms with Crippen LogP contribution in [0.3, 0.4) is 0 Å². The molecule has 81 valence electrons. The SMILES string of the molecule is P.[CH2-]c1ccccc1C1OC1COP.[Y]. The second-order valence-electron chi connectivity index (χ2n) is 3.13. The second kappa shape index (κ2) is 7.33. The third-order valence-electron chi connectivity index (χ3n) is 2.20. The molecule has 0 N–H and O–H groups in total. The Bertz CT molecular complexity index is 309. The number of rotatable bonds is 3. The van der Waals surface area contributed by atoms with Gasteiger partial charge in [0.15, 0.2) is 0 Å². The van der Waals surface area contributed by atoms with Crippen molar-refractivity contribution in [2.45, 2.75) is 12.2 Å². The topological polar surface area (TPSA) is 21.8 Å². The van der Waals surface area contributed by atoms with Crippen LogP contribution in [0.5, 0.6) is 0 Å². The maximum atomic E-state index is 5.45. The minimum Gasteiger partial charge on any atom is -0.375 e. The van der Waals surface area contributed by atoms with Gasteiger partial charge in [0, 0.05) is 42.2 Å². The minimum atomic E-state index is 0.